The molecule has 0 bridgehead atoms. The quantitative estimate of drug-likeness (QED) is 0.648. The van der Waals surface area contributed by atoms with Crippen molar-refractivity contribution in [2.45, 2.75) is 18.9 Å². The van der Waals surface area contributed by atoms with Gasteiger partial charge in [0.05, 0.1) is 12.9 Å². The molecule has 0 aliphatic heterocycles. The van der Waals surface area contributed by atoms with Crippen LogP contribution in [0.1, 0.15) is 17.2 Å². The van der Waals surface area contributed by atoms with E-state index in [1.807, 2.05) is 12.5 Å². The van der Waals surface area contributed by atoms with Crippen molar-refractivity contribution in [1.82, 2.24) is 9.55 Å². The van der Waals surface area contributed by atoms with E-state index in [9.17, 15) is 4.39 Å². The Labute approximate surface area is 133 Å². The van der Waals surface area contributed by atoms with Crippen LogP contribution in [0.25, 0.3) is 0 Å². The van der Waals surface area contributed by atoms with Crippen molar-refractivity contribution < 1.29 is 9.13 Å². The minimum Gasteiger partial charge on any atom is -0.494 e. The molecule has 5 heteroatoms. The number of benzene rings is 1. The minimum absolute atomic E-state index is 0.246. The number of halogens is 1. The predicted octanol–water partition coefficient (Wildman–Crippen LogP) is 4.34. The van der Waals surface area contributed by atoms with Gasteiger partial charge in [0.1, 0.15) is 11.6 Å². The Bertz CT molecular complexity index is 665. The van der Waals surface area contributed by atoms with Crippen LogP contribution in [0.15, 0.2) is 60.5 Å². The van der Waals surface area contributed by atoms with Gasteiger partial charge in [-0.1, -0.05) is 6.07 Å². The lowest BCUT2D eigenvalue weighted by molar-refractivity contribution is 0.291. The van der Waals surface area contributed by atoms with Crippen molar-refractivity contribution in [3.63, 3.8) is 0 Å². The monoisotopic (exact) mass is 316 g/mol. The van der Waals surface area contributed by atoms with Crippen LogP contribution in [0.5, 0.6) is 5.75 Å². The Morgan fingerprint density at radius 2 is 2.09 bits per heavy atom. The Morgan fingerprint density at radius 1 is 1.23 bits per heavy atom. The van der Waals surface area contributed by atoms with Crippen LogP contribution in [0.2, 0.25) is 0 Å². The van der Waals surface area contributed by atoms with Crippen LogP contribution >= 0.6 is 11.3 Å². The highest BCUT2D eigenvalue weighted by molar-refractivity contribution is 7.10. The summed E-state index contributed by atoms with van der Waals surface area (Å²) < 4.78 is 20.7. The molecular weight excluding hydrogens is 299 g/mol. The molecule has 0 saturated carbocycles. The van der Waals surface area contributed by atoms with Gasteiger partial charge in [0.2, 0.25) is 0 Å². The number of hydrogen-bond acceptors (Lipinski definition) is 3. The van der Waals surface area contributed by atoms with Crippen LogP contribution in [0.4, 0.5) is 4.39 Å². The van der Waals surface area contributed by atoms with Gasteiger partial charge in [0.15, 0.2) is 0 Å². The fourth-order valence-corrected chi connectivity index (χ4v) is 3.20. The van der Waals surface area contributed by atoms with Crippen molar-refractivity contribution in [1.29, 1.82) is 0 Å². The van der Waals surface area contributed by atoms with Gasteiger partial charge < -0.3 is 9.30 Å². The van der Waals surface area contributed by atoms with Crippen LogP contribution < -0.4 is 4.74 Å². The van der Waals surface area contributed by atoms with Crippen molar-refractivity contribution in [3.8, 4) is 5.75 Å². The maximum absolute atomic E-state index is 12.9. The van der Waals surface area contributed by atoms with Gasteiger partial charge in [0, 0.05) is 29.7 Å². The van der Waals surface area contributed by atoms with Gasteiger partial charge in [-0.05, 0) is 42.1 Å². The number of hydrogen-bond donors (Lipinski definition) is 0. The van der Waals surface area contributed by atoms with E-state index in [2.05, 4.69) is 27.1 Å². The first-order chi connectivity index (χ1) is 10.8. The number of ether oxygens (including phenoxy) is 1. The van der Waals surface area contributed by atoms with E-state index in [-0.39, 0.29) is 5.82 Å². The van der Waals surface area contributed by atoms with Crippen LogP contribution in [0, 0.1) is 5.82 Å². The maximum atomic E-state index is 12.9. The van der Waals surface area contributed by atoms with Crippen molar-refractivity contribution in [2.24, 2.45) is 0 Å². The highest BCUT2D eigenvalue weighted by Gasteiger charge is 2.13. The normalized spacial score (nSPS) is 12.2. The summed E-state index contributed by atoms with van der Waals surface area (Å²) in [7, 11) is 0. The van der Waals surface area contributed by atoms with E-state index in [4.69, 9.17) is 4.74 Å². The molecular formula is C17H17FN2OS. The second-order valence-corrected chi connectivity index (χ2v) is 6.04. The summed E-state index contributed by atoms with van der Waals surface area (Å²) in [6.45, 7) is 1.48. The van der Waals surface area contributed by atoms with Crippen molar-refractivity contribution >= 4 is 11.3 Å². The number of aromatic nitrogens is 2. The lowest BCUT2D eigenvalue weighted by atomic mass is 10.0. The van der Waals surface area contributed by atoms with E-state index < -0.39 is 0 Å². The van der Waals surface area contributed by atoms with E-state index in [1.165, 1.54) is 17.0 Å². The highest BCUT2D eigenvalue weighted by atomic mass is 32.1. The van der Waals surface area contributed by atoms with E-state index in [1.54, 1.807) is 29.7 Å². The molecule has 0 spiro atoms. The lowest BCUT2D eigenvalue weighted by Crippen LogP contribution is -2.11. The summed E-state index contributed by atoms with van der Waals surface area (Å²) >= 11 is 1.76. The fraction of sp³-hybridized carbons (Fsp3) is 0.235. The summed E-state index contributed by atoms with van der Waals surface area (Å²) in [4.78, 5) is 5.44. The van der Waals surface area contributed by atoms with Gasteiger partial charge in [-0.3, -0.25) is 0 Å². The molecule has 22 heavy (non-hydrogen) atoms. The standard InChI is InChI=1S/C17H17FN2OS/c18-15-3-5-16(6-4-15)21-10-7-14(17-2-1-11-22-17)12-20-9-8-19-13-20/h1-6,8-9,11,13-14H,7,10,12H2. The van der Waals surface area contributed by atoms with E-state index >= 15 is 0 Å². The van der Waals surface area contributed by atoms with Gasteiger partial charge in [0.25, 0.3) is 0 Å². The number of thiophene rings is 1. The second-order valence-electron chi connectivity index (χ2n) is 5.06. The molecule has 2 heterocycles. The first kappa shape index (κ1) is 14.8. The molecule has 1 aromatic carbocycles. The molecule has 3 nitrogen and oxygen atoms in total. The third kappa shape index (κ3) is 3.95. The fourth-order valence-electron chi connectivity index (χ4n) is 2.35. The largest absolute Gasteiger partial charge is 0.494 e. The first-order valence-corrected chi connectivity index (χ1v) is 8.07. The Balaban J connectivity index is 1.59. The Morgan fingerprint density at radius 3 is 2.77 bits per heavy atom. The zero-order valence-electron chi connectivity index (χ0n) is 12.1. The minimum atomic E-state index is -0.246. The van der Waals surface area contributed by atoms with Crippen LogP contribution in [0.3, 0.4) is 0 Å². The molecule has 0 N–H and O–H groups in total. The van der Waals surface area contributed by atoms with Gasteiger partial charge in [-0.15, -0.1) is 11.3 Å². The van der Waals surface area contributed by atoms with Gasteiger partial charge in [-0.2, -0.15) is 0 Å². The van der Waals surface area contributed by atoms with Crippen LogP contribution in [-0.4, -0.2) is 16.2 Å². The van der Waals surface area contributed by atoms with Gasteiger partial charge >= 0.3 is 0 Å². The molecule has 2 aromatic heterocycles. The van der Waals surface area contributed by atoms with E-state index in [0.717, 1.165) is 13.0 Å². The number of rotatable bonds is 7. The Hall–Kier alpha value is -2.14. The first-order valence-electron chi connectivity index (χ1n) is 7.19. The number of nitrogens with zero attached hydrogens (tertiary/aromatic N) is 2. The molecule has 3 aromatic rings. The second kappa shape index (κ2) is 7.22. The van der Waals surface area contributed by atoms with E-state index in [0.29, 0.717) is 18.3 Å². The lowest BCUT2D eigenvalue weighted by Gasteiger charge is -2.16. The SMILES string of the molecule is Fc1ccc(OCCC(Cn2ccnc2)c2cccs2)cc1. The zero-order chi connectivity index (χ0) is 15.2. The third-order valence-corrected chi connectivity index (χ3v) is 4.52. The predicted molar refractivity (Wildman–Crippen MR) is 85.8 cm³/mol. The summed E-state index contributed by atoms with van der Waals surface area (Å²) in [6.07, 6.45) is 6.50. The molecule has 114 valence electrons. The average molecular weight is 316 g/mol. The topological polar surface area (TPSA) is 27.1 Å². The molecule has 3 rings (SSSR count). The summed E-state index contributed by atoms with van der Waals surface area (Å²) in [5, 5.41) is 2.09. The molecule has 0 amide bonds. The highest BCUT2D eigenvalue weighted by Crippen LogP contribution is 2.26. The molecule has 1 unspecified atom stereocenters. The molecule has 0 fully saturated rings. The number of imidazole rings is 1. The summed E-state index contributed by atoms with van der Waals surface area (Å²) in [5.74, 6) is 0.840. The van der Waals surface area contributed by atoms with Crippen molar-refractivity contribution in [3.05, 3.63) is 71.2 Å². The molecule has 0 radical (unpaired) electrons. The van der Waals surface area contributed by atoms with Crippen molar-refractivity contribution in [2.75, 3.05) is 6.61 Å². The average Bonchev–Trinajstić information content (AvgIpc) is 3.21. The summed E-state index contributed by atoms with van der Waals surface area (Å²) in [5.41, 5.74) is 0. The molecule has 0 saturated heterocycles. The zero-order valence-corrected chi connectivity index (χ0v) is 12.9. The molecule has 1 atom stereocenters. The van der Waals surface area contributed by atoms with Gasteiger partial charge in [-0.25, -0.2) is 9.37 Å². The smallest absolute Gasteiger partial charge is 0.123 e. The molecule has 0 aliphatic rings. The Kier molecular flexibility index (Phi) is 4.85. The third-order valence-electron chi connectivity index (χ3n) is 3.48. The molecule has 0 aliphatic carbocycles. The maximum Gasteiger partial charge on any atom is 0.123 e. The summed E-state index contributed by atoms with van der Waals surface area (Å²) in [6, 6.07) is 10.4. The van der Waals surface area contributed by atoms with Crippen LogP contribution in [-0.2, 0) is 6.54 Å².